The number of aromatic nitrogens is 2. The summed E-state index contributed by atoms with van der Waals surface area (Å²) >= 11 is 0. The van der Waals surface area contributed by atoms with Crippen molar-refractivity contribution in [1.29, 1.82) is 0 Å². The quantitative estimate of drug-likeness (QED) is 0.677. The second-order valence-corrected chi connectivity index (χ2v) is 5.89. The number of esters is 1. The Labute approximate surface area is 131 Å². The smallest absolute Gasteiger partial charge is 0.306 e. The van der Waals surface area contributed by atoms with Gasteiger partial charge < -0.3 is 13.9 Å². The summed E-state index contributed by atoms with van der Waals surface area (Å²) in [5.41, 5.74) is 0. The molecule has 7 heteroatoms. The van der Waals surface area contributed by atoms with Crippen molar-refractivity contribution in [2.45, 2.75) is 51.7 Å². The minimum atomic E-state index is -0.217. The molecule has 0 N–H and O–H groups in total. The molecule has 0 radical (unpaired) electrons. The number of carbonyl (C=O) groups is 1. The van der Waals surface area contributed by atoms with Gasteiger partial charge in [-0.05, 0) is 12.8 Å². The predicted octanol–water partition coefficient (Wildman–Crippen LogP) is 1.74. The molecule has 1 saturated heterocycles. The lowest BCUT2D eigenvalue weighted by molar-refractivity contribution is -0.141. The Bertz CT molecular complexity index is 469. The number of hydrogen-bond acceptors (Lipinski definition) is 7. The molecule has 1 aliphatic heterocycles. The number of ether oxygens (including phenoxy) is 2. The van der Waals surface area contributed by atoms with Gasteiger partial charge in [0.25, 0.3) is 0 Å². The van der Waals surface area contributed by atoms with E-state index in [9.17, 15) is 4.79 Å². The maximum Gasteiger partial charge on any atom is 0.306 e. The highest BCUT2D eigenvalue weighted by molar-refractivity contribution is 5.69. The van der Waals surface area contributed by atoms with Crippen molar-refractivity contribution in [3.63, 3.8) is 0 Å². The largest absolute Gasteiger partial charge is 0.469 e. The third kappa shape index (κ3) is 5.06. The van der Waals surface area contributed by atoms with Gasteiger partial charge >= 0.3 is 5.97 Å². The van der Waals surface area contributed by atoms with Crippen LogP contribution in [0.5, 0.6) is 0 Å². The SMILES string of the molecule is COC(=O)CCN(Cc1nnc(C(C)C)o1)CC1CCCO1. The number of rotatable bonds is 8. The first kappa shape index (κ1) is 16.9. The molecular formula is C15H25N3O4. The molecule has 0 spiro atoms. The summed E-state index contributed by atoms with van der Waals surface area (Å²) in [6, 6.07) is 0. The van der Waals surface area contributed by atoms with Crippen LogP contribution < -0.4 is 0 Å². The predicted molar refractivity (Wildman–Crippen MR) is 79.3 cm³/mol. The maximum atomic E-state index is 11.4. The Morgan fingerprint density at radius 1 is 1.45 bits per heavy atom. The lowest BCUT2D eigenvalue weighted by Gasteiger charge is -2.23. The van der Waals surface area contributed by atoms with Crippen molar-refractivity contribution in [1.82, 2.24) is 15.1 Å². The minimum absolute atomic E-state index is 0.211. The molecule has 0 amide bonds. The van der Waals surface area contributed by atoms with Crippen LogP contribution in [0.25, 0.3) is 0 Å². The topological polar surface area (TPSA) is 77.7 Å². The molecule has 0 aliphatic carbocycles. The Morgan fingerprint density at radius 3 is 2.86 bits per heavy atom. The molecular weight excluding hydrogens is 286 g/mol. The summed E-state index contributed by atoms with van der Waals surface area (Å²) in [5, 5.41) is 8.13. The number of hydrogen-bond donors (Lipinski definition) is 0. The highest BCUT2D eigenvalue weighted by Gasteiger charge is 2.22. The van der Waals surface area contributed by atoms with Crippen LogP contribution in [0.2, 0.25) is 0 Å². The summed E-state index contributed by atoms with van der Waals surface area (Å²) in [6.45, 7) is 6.71. The van der Waals surface area contributed by atoms with Gasteiger partial charge in [-0.25, -0.2) is 0 Å². The molecule has 124 valence electrons. The van der Waals surface area contributed by atoms with Gasteiger partial charge in [0, 0.05) is 25.6 Å². The van der Waals surface area contributed by atoms with Crippen molar-refractivity contribution in [2.75, 3.05) is 26.8 Å². The Hall–Kier alpha value is -1.47. The molecule has 1 aromatic heterocycles. The Kier molecular flexibility index (Phi) is 6.33. The lowest BCUT2D eigenvalue weighted by Crippen LogP contribution is -2.33. The van der Waals surface area contributed by atoms with Gasteiger partial charge in [-0.15, -0.1) is 10.2 Å². The van der Waals surface area contributed by atoms with E-state index in [1.807, 2.05) is 13.8 Å². The van der Waals surface area contributed by atoms with Gasteiger partial charge in [0.2, 0.25) is 11.8 Å². The van der Waals surface area contributed by atoms with Crippen LogP contribution in [0.1, 0.15) is 50.8 Å². The number of carbonyl (C=O) groups excluding carboxylic acids is 1. The second-order valence-electron chi connectivity index (χ2n) is 5.89. The van der Waals surface area contributed by atoms with Crippen molar-refractivity contribution in [3.8, 4) is 0 Å². The molecule has 1 unspecified atom stereocenters. The van der Waals surface area contributed by atoms with E-state index < -0.39 is 0 Å². The fourth-order valence-electron chi connectivity index (χ4n) is 2.42. The molecule has 0 saturated carbocycles. The first-order valence-corrected chi connectivity index (χ1v) is 7.81. The van der Waals surface area contributed by atoms with E-state index in [0.29, 0.717) is 31.3 Å². The molecule has 1 fully saturated rings. The van der Waals surface area contributed by atoms with Crippen LogP contribution in [0.15, 0.2) is 4.42 Å². The van der Waals surface area contributed by atoms with E-state index in [1.165, 1.54) is 7.11 Å². The highest BCUT2D eigenvalue weighted by Crippen LogP contribution is 2.17. The number of nitrogens with zero attached hydrogens (tertiary/aromatic N) is 3. The zero-order valence-corrected chi connectivity index (χ0v) is 13.6. The summed E-state index contributed by atoms with van der Waals surface area (Å²) in [4.78, 5) is 13.5. The van der Waals surface area contributed by atoms with E-state index in [0.717, 1.165) is 26.0 Å². The summed E-state index contributed by atoms with van der Waals surface area (Å²) in [5.74, 6) is 1.21. The Balaban J connectivity index is 1.93. The standard InChI is InChI=1S/C15H25N3O4/c1-11(2)15-17-16-13(22-15)10-18(7-6-14(19)20-3)9-12-5-4-8-21-12/h11-12H,4-10H2,1-3H3. The van der Waals surface area contributed by atoms with Crippen molar-refractivity contribution in [3.05, 3.63) is 11.8 Å². The van der Waals surface area contributed by atoms with Gasteiger partial charge in [-0.2, -0.15) is 0 Å². The number of methoxy groups -OCH3 is 1. The van der Waals surface area contributed by atoms with Crippen molar-refractivity contribution in [2.24, 2.45) is 0 Å². The van der Waals surface area contributed by atoms with E-state index >= 15 is 0 Å². The van der Waals surface area contributed by atoms with E-state index in [-0.39, 0.29) is 18.0 Å². The monoisotopic (exact) mass is 311 g/mol. The van der Waals surface area contributed by atoms with Gasteiger partial charge in [0.15, 0.2) is 0 Å². The van der Waals surface area contributed by atoms with Gasteiger partial charge in [0.1, 0.15) is 0 Å². The molecule has 1 aromatic rings. The van der Waals surface area contributed by atoms with Crippen LogP contribution in [0, 0.1) is 0 Å². The average molecular weight is 311 g/mol. The van der Waals surface area contributed by atoms with Crippen LogP contribution in [0.3, 0.4) is 0 Å². The lowest BCUT2D eigenvalue weighted by atomic mass is 10.2. The van der Waals surface area contributed by atoms with Crippen molar-refractivity contribution >= 4 is 5.97 Å². The van der Waals surface area contributed by atoms with Gasteiger partial charge in [0.05, 0.1) is 26.2 Å². The molecule has 2 rings (SSSR count). The van der Waals surface area contributed by atoms with Crippen molar-refractivity contribution < 1.29 is 18.7 Å². The van der Waals surface area contributed by atoms with Crippen LogP contribution in [-0.2, 0) is 20.8 Å². The summed E-state index contributed by atoms with van der Waals surface area (Å²) in [6.07, 6.45) is 2.70. The summed E-state index contributed by atoms with van der Waals surface area (Å²) in [7, 11) is 1.40. The normalized spacial score (nSPS) is 18.3. The maximum absolute atomic E-state index is 11.4. The van der Waals surface area contributed by atoms with Crippen LogP contribution in [-0.4, -0.2) is 54.0 Å². The summed E-state index contributed by atoms with van der Waals surface area (Å²) < 4.78 is 16.0. The fourth-order valence-corrected chi connectivity index (χ4v) is 2.42. The van der Waals surface area contributed by atoms with Gasteiger partial charge in [-0.1, -0.05) is 13.8 Å². The zero-order valence-electron chi connectivity index (χ0n) is 13.6. The zero-order chi connectivity index (χ0) is 15.9. The molecule has 22 heavy (non-hydrogen) atoms. The van der Waals surface area contributed by atoms with Crippen LogP contribution >= 0.6 is 0 Å². The third-order valence-corrected chi connectivity index (χ3v) is 3.68. The molecule has 1 atom stereocenters. The molecule has 7 nitrogen and oxygen atoms in total. The molecule has 0 aromatic carbocycles. The Morgan fingerprint density at radius 2 is 2.27 bits per heavy atom. The van der Waals surface area contributed by atoms with Gasteiger partial charge in [-0.3, -0.25) is 9.69 Å². The molecule has 0 bridgehead atoms. The third-order valence-electron chi connectivity index (χ3n) is 3.68. The second kappa shape index (κ2) is 8.24. The fraction of sp³-hybridized carbons (Fsp3) is 0.800. The van der Waals surface area contributed by atoms with Crippen LogP contribution in [0.4, 0.5) is 0 Å². The molecule has 1 aliphatic rings. The molecule has 2 heterocycles. The van der Waals surface area contributed by atoms with E-state index in [4.69, 9.17) is 13.9 Å². The average Bonchev–Trinajstić information content (AvgIpc) is 3.16. The van der Waals surface area contributed by atoms with E-state index in [1.54, 1.807) is 0 Å². The first-order valence-electron chi connectivity index (χ1n) is 7.81. The highest BCUT2D eigenvalue weighted by atomic mass is 16.5. The van der Waals surface area contributed by atoms with E-state index in [2.05, 4.69) is 15.1 Å². The first-order chi connectivity index (χ1) is 10.6. The minimum Gasteiger partial charge on any atom is -0.469 e.